The lowest BCUT2D eigenvalue weighted by Gasteiger charge is -2.13. The Morgan fingerprint density at radius 2 is 2.44 bits per heavy atom. The van der Waals surface area contributed by atoms with E-state index in [1.807, 2.05) is 13.8 Å². The minimum absolute atomic E-state index is 0.297. The summed E-state index contributed by atoms with van der Waals surface area (Å²) in [7, 11) is 0. The molecule has 0 aliphatic rings. The average molecular weight is 260 g/mol. The number of aromatic nitrogens is 2. The molecular weight excluding hydrogens is 244 g/mol. The summed E-state index contributed by atoms with van der Waals surface area (Å²) in [5.74, 6) is 1.05. The second-order valence-electron chi connectivity index (χ2n) is 3.33. The minimum Gasteiger partial charge on any atom is -0.368 e. The van der Waals surface area contributed by atoms with Crippen LogP contribution in [0.1, 0.15) is 19.2 Å². The van der Waals surface area contributed by atoms with Crippen LogP contribution in [0.5, 0.6) is 0 Å². The maximum absolute atomic E-state index is 11.1. The maximum Gasteiger partial charge on any atom is 0.235 e. The summed E-state index contributed by atoms with van der Waals surface area (Å²) in [6.07, 6.45) is 0.979. The number of nitrogens with one attached hydrogen (secondary N) is 1. The summed E-state index contributed by atoms with van der Waals surface area (Å²) < 4.78 is 4.95. The SMILES string of the molecule is CCCNC(CSc1nc(C)ns1)C(N)=O. The summed E-state index contributed by atoms with van der Waals surface area (Å²) >= 11 is 2.86. The summed E-state index contributed by atoms with van der Waals surface area (Å²) in [6.45, 7) is 4.69. The third kappa shape index (κ3) is 4.46. The first kappa shape index (κ1) is 13.4. The van der Waals surface area contributed by atoms with E-state index in [0.29, 0.717) is 5.75 Å². The van der Waals surface area contributed by atoms with Crippen molar-refractivity contribution in [2.24, 2.45) is 5.73 Å². The number of hydrogen-bond donors (Lipinski definition) is 2. The van der Waals surface area contributed by atoms with Gasteiger partial charge in [-0.3, -0.25) is 4.79 Å². The topological polar surface area (TPSA) is 80.9 Å². The molecule has 16 heavy (non-hydrogen) atoms. The minimum atomic E-state index is -0.317. The number of nitrogens with two attached hydrogens (primary N) is 1. The second kappa shape index (κ2) is 6.82. The van der Waals surface area contributed by atoms with Crippen molar-refractivity contribution in [1.29, 1.82) is 0 Å². The Kier molecular flexibility index (Phi) is 5.72. The largest absolute Gasteiger partial charge is 0.368 e. The van der Waals surface area contributed by atoms with E-state index >= 15 is 0 Å². The predicted octanol–water partition coefficient (Wildman–Crippen LogP) is 0.792. The van der Waals surface area contributed by atoms with Gasteiger partial charge in [0, 0.05) is 5.75 Å². The third-order valence-electron chi connectivity index (χ3n) is 1.87. The Morgan fingerprint density at radius 1 is 1.69 bits per heavy atom. The van der Waals surface area contributed by atoms with Gasteiger partial charge in [-0.2, -0.15) is 4.37 Å². The molecule has 1 unspecified atom stereocenters. The highest BCUT2D eigenvalue weighted by Gasteiger charge is 2.15. The monoisotopic (exact) mass is 260 g/mol. The van der Waals surface area contributed by atoms with Crippen LogP contribution in [0, 0.1) is 6.92 Å². The highest BCUT2D eigenvalue weighted by Crippen LogP contribution is 2.20. The fraction of sp³-hybridized carbons (Fsp3) is 0.667. The number of nitrogens with zero attached hydrogens (tertiary/aromatic N) is 2. The van der Waals surface area contributed by atoms with Crippen LogP contribution >= 0.6 is 23.3 Å². The van der Waals surface area contributed by atoms with Crippen LogP contribution in [-0.4, -0.2) is 33.6 Å². The fourth-order valence-corrected chi connectivity index (χ4v) is 2.79. The molecule has 7 heteroatoms. The summed E-state index contributed by atoms with van der Waals surface area (Å²) in [5.41, 5.74) is 5.30. The average Bonchev–Trinajstić information content (AvgIpc) is 2.64. The van der Waals surface area contributed by atoms with Crippen LogP contribution in [0.25, 0.3) is 0 Å². The van der Waals surface area contributed by atoms with Crippen molar-refractivity contribution in [2.75, 3.05) is 12.3 Å². The van der Waals surface area contributed by atoms with E-state index in [2.05, 4.69) is 14.7 Å². The van der Waals surface area contributed by atoms with E-state index in [9.17, 15) is 4.79 Å². The number of carbonyl (C=O) groups is 1. The lowest BCUT2D eigenvalue weighted by atomic mass is 10.3. The van der Waals surface area contributed by atoms with Crippen molar-refractivity contribution < 1.29 is 4.79 Å². The van der Waals surface area contributed by atoms with Gasteiger partial charge in [-0.05, 0) is 31.4 Å². The molecule has 0 aliphatic carbocycles. The molecule has 0 saturated heterocycles. The molecule has 0 aliphatic heterocycles. The molecule has 1 aromatic rings. The Balaban J connectivity index is 2.40. The van der Waals surface area contributed by atoms with E-state index in [4.69, 9.17) is 5.73 Å². The number of aryl methyl sites for hydroxylation is 1. The number of thioether (sulfide) groups is 1. The molecule has 1 aromatic heterocycles. The zero-order valence-corrected chi connectivity index (χ0v) is 11.0. The van der Waals surface area contributed by atoms with Crippen LogP contribution < -0.4 is 11.1 Å². The van der Waals surface area contributed by atoms with Crippen molar-refractivity contribution in [3.05, 3.63) is 5.82 Å². The van der Waals surface area contributed by atoms with E-state index in [0.717, 1.165) is 23.1 Å². The van der Waals surface area contributed by atoms with Gasteiger partial charge in [0.15, 0.2) is 4.34 Å². The fourth-order valence-electron chi connectivity index (χ4n) is 1.05. The molecule has 5 nitrogen and oxygen atoms in total. The van der Waals surface area contributed by atoms with E-state index in [-0.39, 0.29) is 11.9 Å². The Labute approximate surface area is 103 Å². The molecule has 1 amide bonds. The molecule has 0 aromatic carbocycles. The molecule has 0 bridgehead atoms. The Bertz CT molecular complexity index is 342. The van der Waals surface area contributed by atoms with Gasteiger partial charge in [0.25, 0.3) is 0 Å². The van der Waals surface area contributed by atoms with Gasteiger partial charge >= 0.3 is 0 Å². The van der Waals surface area contributed by atoms with E-state index in [1.54, 1.807) is 0 Å². The number of rotatable bonds is 7. The molecule has 0 saturated carbocycles. The number of hydrogen-bond acceptors (Lipinski definition) is 6. The first-order valence-electron chi connectivity index (χ1n) is 5.09. The van der Waals surface area contributed by atoms with Gasteiger partial charge in [-0.25, -0.2) is 4.98 Å². The van der Waals surface area contributed by atoms with E-state index in [1.165, 1.54) is 23.3 Å². The first-order valence-corrected chi connectivity index (χ1v) is 6.85. The molecule has 1 heterocycles. The summed E-state index contributed by atoms with van der Waals surface area (Å²) in [6, 6.07) is -0.297. The summed E-state index contributed by atoms with van der Waals surface area (Å²) in [5, 5.41) is 3.11. The second-order valence-corrected chi connectivity index (χ2v) is 5.35. The number of carbonyl (C=O) groups excluding carboxylic acids is 1. The molecule has 0 spiro atoms. The van der Waals surface area contributed by atoms with Gasteiger partial charge in [-0.1, -0.05) is 18.7 Å². The summed E-state index contributed by atoms with van der Waals surface area (Å²) in [4.78, 5) is 15.4. The Morgan fingerprint density at radius 3 is 2.94 bits per heavy atom. The lowest BCUT2D eigenvalue weighted by Crippen LogP contribution is -2.43. The molecule has 90 valence electrons. The van der Waals surface area contributed by atoms with Crippen molar-refractivity contribution in [1.82, 2.24) is 14.7 Å². The Hall–Kier alpha value is -0.660. The van der Waals surface area contributed by atoms with Gasteiger partial charge in [0.05, 0.1) is 6.04 Å². The highest BCUT2D eigenvalue weighted by molar-refractivity contribution is 8.01. The van der Waals surface area contributed by atoms with Crippen LogP contribution in [0.2, 0.25) is 0 Å². The van der Waals surface area contributed by atoms with Gasteiger partial charge < -0.3 is 11.1 Å². The number of amides is 1. The van der Waals surface area contributed by atoms with Crippen molar-refractivity contribution >= 4 is 29.2 Å². The van der Waals surface area contributed by atoms with Crippen LogP contribution in [0.15, 0.2) is 4.34 Å². The van der Waals surface area contributed by atoms with Crippen LogP contribution in [0.3, 0.4) is 0 Å². The van der Waals surface area contributed by atoms with Gasteiger partial charge in [0.2, 0.25) is 5.91 Å². The smallest absolute Gasteiger partial charge is 0.235 e. The molecule has 0 radical (unpaired) electrons. The first-order chi connectivity index (χ1) is 7.63. The molecule has 3 N–H and O–H groups in total. The lowest BCUT2D eigenvalue weighted by molar-refractivity contribution is -0.119. The molecule has 1 atom stereocenters. The van der Waals surface area contributed by atoms with E-state index < -0.39 is 0 Å². The normalized spacial score (nSPS) is 12.6. The molecule has 0 fully saturated rings. The predicted molar refractivity (Wildman–Crippen MR) is 66.6 cm³/mol. The third-order valence-corrected chi connectivity index (χ3v) is 3.88. The van der Waals surface area contributed by atoms with Crippen molar-refractivity contribution in [3.8, 4) is 0 Å². The van der Waals surface area contributed by atoms with Gasteiger partial charge in [-0.15, -0.1) is 0 Å². The highest BCUT2D eigenvalue weighted by atomic mass is 32.2. The van der Waals surface area contributed by atoms with Crippen LogP contribution in [-0.2, 0) is 4.79 Å². The number of primary amides is 1. The van der Waals surface area contributed by atoms with Crippen molar-refractivity contribution in [3.63, 3.8) is 0 Å². The quantitative estimate of drug-likeness (QED) is 0.709. The molecule has 1 rings (SSSR count). The standard InChI is InChI=1S/C9H16N4OS2/c1-3-4-11-7(8(10)14)5-15-9-12-6(2)13-16-9/h7,11H,3-5H2,1-2H3,(H2,10,14). The zero-order valence-electron chi connectivity index (χ0n) is 9.40. The zero-order chi connectivity index (χ0) is 12.0. The van der Waals surface area contributed by atoms with Gasteiger partial charge in [0.1, 0.15) is 5.82 Å². The van der Waals surface area contributed by atoms with Crippen molar-refractivity contribution in [2.45, 2.75) is 30.6 Å². The molecular formula is C9H16N4OS2. The van der Waals surface area contributed by atoms with Crippen LogP contribution in [0.4, 0.5) is 0 Å². The maximum atomic E-state index is 11.1.